The molecular weight excluding hydrogens is 318 g/mol. The Kier molecular flexibility index (Phi) is 16.3. The molecule has 0 aliphatic rings. The average molecular weight is 360 g/mol. The first-order chi connectivity index (χ1) is 12.0. The molecule has 0 radical (unpaired) electrons. The predicted octanol–water partition coefficient (Wildman–Crippen LogP) is 2.16. The third kappa shape index (κ3) is 16.5. The first-order valence-electron chi connectivity index (χ1n) is 10.1. The van der Waals surface area contributed by atoms with Crippen molar-refractivity contribution in [3.05, 3.63) is 0 Å². The summed E-state index contributed by atoms with van der Waals surface area (Å²) in [6.07, 6.45) is 11.9. The van der Waals surface area contributed by atoms with Crippen molar-refractivity contribution in [2.75, 3.05) is 6.61 Å². The van der Waals surface area contributed by atoms with Crippen molar-refractivity contribution < 1.29 is 15.0 Å². The normalized spacial score (nSPS) is 13.8. The van der Waals surface area contributed by atoms with Gasteiger partial charge in [-0.3, -0.25) is 4.79 Å². The lowest BCUT2D eigenvalue weighted by molar-refractivity contribution is -0.124. The molecule has 1 amide bonds. The van der Waals surface area contributed by atoms with Crippen LogP contribution in [-0.2, 0) is 4.79 Å². The first kappa shape index (κ1) is 24.3. The molecule has 0 aromatic rings. The monoisotopic (exact) mass is 359 g/mol. The molecule has 0 spiro atoms. The molecule has 0 rings (SSSR count). The van der Waals surface area contributed by atoms with Crippen molar-refractivity contribution >= 4 is 5.91 Å². The smallest absolute Gasteiger partial charge is 0.222 e. The van der Waals surface area contributed by atoms with Crippen LogP contribution in [0.5, 0.6) is 0 Å². The Hall–Kier alpha value is -0.690. The van der Waals surface area contributed by atoms with E-state index in [2.05, 4.69) is 12.2 Å². The summed E-state index contributed by atoms with van der Waals surface area (Å²) in [5, 5.41) is 21.9. The Labute approximate surface area is 153 Å². The van der Waals surface area contributed by atoms with Crippen molar-refractivity contribution in [2.24, 2.45) is 11.5 Å². The van der Waals surface area contributed by atoms with Gasteiger partial charge in [0.25, 0.3) is 0 Å². The second-order valence-electron chi connectivity index (χ2n) is 7.16. The van der Waals surface area contributed by atoms with Crippen LogP contribution in [0.3, 0.4) is 0 Å². The number of unbranched alkanes of at least 4 members (excludes halogenated alkanes) is 8. The molecule has 0 unspecified atom stereocenters. The van der Waals surface area contributed by atoms with Crippen LogP contribution in [0, 0.1) is 0 Å². The lowest BCUT2D eigenvalue weighted by atomic mass is 10.0. The predicted molar refractivity (Wildman–Crippen MR) is 103 cm³/mol. The van der Waals surface area contributed by atoms with Crippen LogP contribution < -0.4 is 16.8 Å². The van der Waals surface area contributed by atoms with Gasteiger partial charge in [0.2, 0.25) is 5.91 Å². The van der Waals surface area contributed by atoms with Gasteiger partial charge in [0.15, 0.2) is 0 Å². The zero-order valence-corrected chi connectivity index (χ0v) is 16.1. The van der Waals surface area contributed by atoms with E-state index in [1.807, 2.05) is 0 Å². The van der Waals surface area contributed by atoms with Gasteiger partial charge in [-0.2, -0.15) is 0 Å². The third-order valence-corrected chi connectivity index (χ3v) is 4.50. The van der Waals surface area contributed by atoms with Gasteiger partial charge in [-0.15, -0.1) is 0 Å². The van der Waals surface area contributed by atoms with Gasteiger partial charge in [0, 0.05) is 0 Å². The number of hydrogen-bond acceptors (Lipinski definition) is 5. The fraction of sp³-hybridized carbons (Fsp3) is 0.947. The topological polar surface area (TPSA) is 122 Å². The molecule has 6 nitrogen and oxygen atoms in total. The average Bonchev–Trinajstić information content (AvgIpc) is 2.56. The highest BCUT2D eigenvalue weighted by molar-refractivity contribution is 5.76. The summed E-state index contributed by atoms with van der Waals surface area (Å²) in [5.41, 5.74) is 10.9. The summed E-state index contributed by atoms with van der Waals surface area (Å²) in [5.74, 6) is -0.229. The molecule has 0 saturated heterocycles. The molecule has 0 bridgehead atoms. The lowest BCUT2D eigenvalue weighted by Crippen LogP contribution is -2.41. The van der Waals surface area contributed by atoms with Crippen molar-refractivity contribution in [3.8, 4) is 0 Å². The van der Waals surface area contributed by atoms with Crippen LogP contribution in [0.25, 0.3) is 0 Å². The highest BCUT2D eigenvalue weighted by atomic mass is 16.3. The van der Waals surface area contributed by atoms with Gasteiger partial charge < -0.3 is 27.0 Å². The van der Waals surface area contributed by atoms with Crippen molar-refractivity contribution in [3.63, 3.8) is 0 Å². The molecule has 150 valence electrons. The SMILES string of the molecule is CCCCCCCCCCC[C@@H](O)CC(=O)N[C@@H](CO)CCC(N)N. The number of aliphatic hydroxyl groups excluding tert-OH is 2. The fourth-order valence-corrected chi connectivity index (χ4v) is 2.90. The first-order valence-corrected chi connectivity index (χ1v) is 10.1. The Bertz CT molecular complexity index is 314. The Morgan fingerprint density at radius 3 is 2.00 bits per heavy atom. The van der Waals surface area contributed by atoms with E-state index in [9.17, 15) is 15.0 Å². The Morgan fingerprint density at radius 1 is 0.920 bits per heavy atom. The largest absolute Gasteiger partial charge is 0.394 e. The maximum Gasteiger partial charge on any atom is 0.222 e. The molecule has 2 atom stereocenters. The zero-order chi connectivity index (χ0) is 18.9. The van der Waals surface area contributed by atoms with E-state index in [0.717, 1.165) is 12.8 Å². The maximum atomic E-state index is 11.9. The van der Waals surface area contributed by atoms with Gasteiger partial charge in [-0.1, -0.05) is 64.7 Å². The standard InChI is InChI=1S/C19H41N3O3/c1-2-3-4-5-6-7-8-9-10-11-17(24)14-19(25)22-16(15-23)12-13-18(20)21/h16-18,23-24H,2-15,20-21H2,1H3,(H,22,25)/t16-,17-/m1/s1. The molecule has 0 saturated carbocycles. The molecule has 7 N–H and O–H groups in total. The summed E-state index contributed by atoms with van der Waals surface area (Å²) >= 11 is 0. The number of nitrogens with two attached hydrogens (primary N) is 2. The molecule has 0 aromatic carbocycles. The van der Waals surface area contributed by atoms with Gasteiger partial charge in [-0.25, -0.2) is 0 Å². The van der Waals surface area contributed by atoms with Crippen LogP contribution in [0.2, 0.25) is 0 Å². The number of aliphatic hydroxyl groups is 2. The summed E-state index contributed by atoms with van der Waals surface area (Å²) in [6.45, 7) is 2.08. The summed E-state index contributed by atoms with van der Waals surface area (Å²) in [7, 11) is 0. The number of hydrogen-bond donors (Lipinski definition) is 5. The fourth-order valence-electron chi connectivity index (χ4n) is 2.90. The summed E-state index contributed by atoms with van der Waals surface area (Å²) < 4.78 is 0. The number of amides is 1. The van der Waals surface area contributed by atoms with Gasteiger partial charge in [0.1, 0.15) is 0 Å². The van der Waals surface area contributed by atoms with Crippen LogP contribution >= 0.6 is 0 Å². The van der Waals surface area contributed by atoms with E-state index >= 15 is 0 Å². The zero-order valence-electron chi connectivity index (χ0n) is 16.1. The molecule has 0 aliphatic heterocycles. The Balaban J connectivity index is 3.63. The van der Waals surface area contributed by atoms with E-state index in [1.165, 1.54) is 44.9 Å². The minimum absolute atomic E-state index is 0.0855. The molecule has 0 aliphatic carbocycles. The highest BCUT2D eigenvalue weighted by Crippen LogP contribution is 2.12. The second-order valence-corrected chi connectivity index (χ2v) is 7.16. The number of nitrogens with one attached hydrogen (secondary N) is 1. The minimum atomic E-state index is -0.610. The molecule has 25 heavy (non-hydrogen) atoms. The number of carbonyl (C=O) groups excluding carboxylic acids is 1. The number of carbonyl (C=O) groups is 1. The van der Waals surface area contributed by atoms with E-state index < -0.39 is 12.3 Å². The molecule has 6 heteroatoms. The summed E-state index contributed by atoms with van der Waals surface area (Å²) in [6, 6.07) is -0.345. The van der Waals surface area contributed by atoms with Crippen molar-refractivity contribution in [1.29, 1.82) is 0 Å². The third-order valence-electron chi connectivity index (χ3n) is 4.50. The molecule has 0 aromatic heterocycles. The Morgan fingerprint density at radius 2 is 1.48 bits per heavy atom. The summed E-state index contributed by atoms with van der Waals surface area (Å²) in [4.78, 5) is 11.9. The lowest BCUT2D eigenvalue weighted by Gasteiger charge is -2.18. The van der Waals surface area contributed by atoms with E-state index in [-0.39, 0.29) is 25.0 Å². The van der Waals surface area contributed by atoms with Gasteiger partial charge in [-0.05, 0) is 19.3 Å². The minimum Gasteiger partial charge on any atom is -0.394 e. The van der Waals surface area contributed by atoms with Crippen molar-refractivity contribution in [1.82, 2.24) is 5.32 Å². The van der Waals surface area contributed by atoms with E-state index in [4.69, 9.17) is 11.5 Å². The van der Waals surface area contributed by atoms with Crippen LogP contribution in [-0.4, -0.2) is 41.0 Å². The molecule has 0 heterocycles. The maximum absolute atomic E-state index is 11.9. The second kappa shape index (κ2) is 16.8. The quantitative estimate of drug-likeness (QED) is 0.201. The van der Waals surface area contributed by atoms with Crippen LogP contribution in [0.15, 0.2) is 0 Å². The van der Waals surface area contributed by atoms with Gasteiger partial charge >= 0.3 is 0 Å². The number of rotatable bonds is 17. The van der Waals surface area contributed by atoms with E-state index in [0.29, 0.717) is 19.3 Å². The van der Waals surface area contributed by atoms with Gasteiger partial charge in [0.05, 0.1) is 31.3 Å². The highest BCUT2D eigenvalue weighted by Gasteiger charge is 2.15. The van der Waals surface area contributed by atoms with Crippen LogP contribution in [0.1, 0.15) is 90.4 Å². The van der Waals surface area contributed by atoms with Crippen LogP contribution in [0.4, 0.5) is 0 Å². The van der Waals surface area contributed by atoms with E-state index in [1.54, 1.807) is 0 Å². The molecule has 0 fully saturated rings. The van der Waals surface area contributed by atoms with Crippen molar-refractivity contribution in [2.45, 2.75) is 109 Å². The molecular formula is C19H41N3O3.